The van der Waals surface area contributed by atoms with Gasteiger partial charge in [-0.3, -0.25) is 9.69 Å². The van der Waals surface area contributed by atoms with Crippen molar-refractivity contribution in [2.45, 2.75) is 32.0 Å². The first kappa shape index (κ1) is 24.2. The molecule has 0 radical (unpaired) electrons. The van der Waals surface area contributed by atoms with Gasteiger partial charge in [0.2, 0.25) is 11.7 Å². The third kappa shape index (κ3) is 5.67. The monoisotopic (exact) mass is 496 g/mol. The van der Waals surface area contributed by atoms with Crippen LogP contribution in [0.3, 0.4) is 0 Å². The molecule has 9 heteroatoms. The van der Waals surface area contributed by atoms with E-state index in [0.717, 1.165) is 68.8 Å². The van der Waals surface area contributed by atoms with Gasteiger partial charge in [0, 0.05) is 50.3 Å². The molecule has 3 aromatic rings. The molecule has 1 amide bonds. The summed E-state index contributed by atoms with van der Waals surface area (Å²) < 4.78 is 44.4. The Morgan fingerprint density at radius 2 is 1.81 bits per heavy atom. The molecule has 2 aliphatic rings. The summed E-state index contributed by atoms with van der Waals surface area (Å²) in [4.78, 5) is 21.2. The fourth-order valence-corrected chi connectivity index (χ4v) is 4.73. The lowest BCUT2D eigenvalue weighted by Gasteiger charge is -2.35. The maximum Gasteiger partial charge on any atom is 0.416 e. The van der Waals surface area contributed by atoms with E-state index in [0.29, 0.717) is 18.2 Å². The van der Waals surface area contributed by atoms with Crippen molar-refractivity contribution in [3.05, 3.63) is 71.8 Å². The molecule has 1 aliphatic carbocycles. The quantitative estimate of drug-likeness (QED) is 0.427. The number of benzene rings is 2. The zero-order chi connectivity index (χ0) is 25.1. The van der Waals surface area contributed by atoms with E-state index in [1.807, 2.05) is 29.2 Å². The molecule has 1 fully saturated rings. The van der Waals surface area contributed by atoms with E-state index in [-0.39, 0.29) is 17.4 Å². The second-order valence-electron chi connectivity index (χ2n) is 9.33. The zero-order valence-electron chi connectivity index (χ0n) is 19.7. The number of rotatable bonds is 6. The van der Waals surface area contributed by atoms with E-state index >= 15 is 0 Å². The Hall–Kier alpha value is -3.46. The highest BCUT2D eigenvalue weighted by Crippen LogP contribution is 2.32. The number of halogens is 3. The number of nitrogens with zero attached hydrogens (tertiary/aromatic N) is 4. The maximum atomic E-state index is 13.0. The molecular formula is C27H27F3N4O2. The molecule has 0 saturated carbocycles. The molecule has 2 aromatic carbocycles. The van der Waals surface area contributed by atoms with Crippen LogP contribution in [0, 0.1) is 5.92 Å². The number of hydrogen-bond donors (Lipinski definition) is 0. The smallest absolute Gasteiger partial charge is 0.340 e. The minimum absolute atomic E-state index is 0.0374. The summed E-state index contributed by atoms with van der Waals surface area (Å²) in [7, 11) is 0. The molecule has 0 N–H and O–H groups in total. The standard InChI is InChI=1S/C27H27F3N4O2/c28-27(29,30)23-10-4-9-22(17-23)26-31-25(32-36-26)21-8-3-7-20(15-21)18-33-11-13-34(14-12-33)24(35)16-19-5-1-2-6-19/h1,3-5,7-10,15,17,19H,2,6,11-14,16,18H2. The van der Waals surface area contributed by atoms with Crippen molar-refractivity contribution < 1.29 is 22.5 Å². The molecule has 2 heterocycles. The van der Waals surface area contributed by atoms with Crippen molar-refractivity contribution in [2.75, 3.05) is 26.2 Å². The first-order chi connectivity index (χ1) is 17.3. The van der Waals surface area contributed by atoms with Crippen molar-refractivity contribution in [2.24, 2.45) is 5.92 Å². The van der Waals surface area contributed by atoms with Crippen LogP contribution in [0.1, 0.15) is 30.4 Å². The van der Waals surface area contributed by atoms with Gasteiger partial charge in [-0.1, -0.05) is 41.6 Å². The van der Waals surface area contributed by atoms with Crippen LogP contribution >= 0.6 is 0 Å². The average molecular weight is 497 g/mol. The topological polar surface area (TPSA) is 62.5 Å². The van der Waals surface area contributed by atoms with Crippen LogP contribution in [0.15, 0.2) is 65.2 Å². The van der Waals surface area contributed by atoms with Gasteiger partial charge in [-0.05, 0) is 48.6 Å². The molecule has 1 aromatic heterocycles. The summed E-state index contributed by atoms with van der Waals surface area (Å²) in [6, 6.07) is 12.6. The number of allylic oxidation sites excluding steroid dienone is 2. The number of piperazine rings is 1. The molecular weight excluding hydrogens is 469 g/mol. The molecule has 36 heavy (non-hydrogen) atoms. The molecule has 0 spiro atoms. The molecule has 1 unspecified atom stereocenters. The van der Waals surface area contributed by atoms with E-state index in [1.165, 1.54) is 12.1 Å². The van der Waals surface area contributed by atoms with Crippen molar-refractivity contribution in [3.63, 3.8) is 0 Å². The van der Waals surface area contributed by atoms with Crippen LogP contribution < -0.4 is 0 Å². The number of alkyl halides is 3. The van der Waals surface area contributed by atoms with Crippen LogP contribution in [0.5, 0.6) is 0 Å². The molecule has 1 aliphatic heterocycles. The summed E-state index contributed by atoms with van der Waals surface area (Å²) in [6.45, 7) is 3.77. The van der Waals surface area contributed by atoms with E-state index in [9.17, 15) is 18.0 Å². The van der Waals surface area contributed by atoms with Gasteiger partial charge >= 0.3 is 6.18 Å². The number of carbonyl (C=O) groups excluding carboxylic acids is 1. The molecule has 188 valence electrons. The third-order valence-electron chi connectivity index (χ3n) is 6.73. The van der Waals surface area contributed by atoms with Crippen LogP contribution in [0.25, 0.3) is 22.8 Å². The van der Waals surface area contributed by atoms with E-state index in [1.54, 1.807) is 0 Å². The fourth-order valence-electron chi connectivity index (χ4n) is 4.73. The van der Waals surface area contributed by atoms with Gasteiger partial charge < -0.3 is 9.42 Å². The Labute approximate surface area is 207 Å². The van der Waals surface area contributed by atoms with Gasteiger partial charge in [-0.15, -0.1) is 0 Å². The van der Waals surface area contributed by atoms with Gasteiger partial charge in [0.25, 0.3) is 5.89 Å². The van der Waals surface area contributed by atoms with Gasteiger partial charge in [0.05, 0.1) is 5.56 Å². The Bertz CT molecular complexity index is 1250. The predicted molar refractivity (Wildman–Crippen MR) is 129 cm³/mol. The summed E-state index contributed by atoms with van der Waals surface area (Å²) in [5.41, 5.74) is 1.25. The fraction of sp³-hybridized carbons (Fsp3) is 0.370. The molecule has 0 bridgehead atoms. The lowest BCUT2D eigenvalue weighted by atomic mass is 10.0. The van der Waals surface area contributed by atoms with Crippen LogP contribution in [-0.2, 0) is 17.5 Å². The summed E-state index contributed by atoms with van der Waals surface area (Å²) in [6.07, 6.45) is 2.62. The summed E-state index contributed by atoms with van der Waals surface area (Å²) in [5, 5.41) is 3.98. The van der Waals surface area contributed by atoms with Gasteiger partial charge in [-0.25, -0.2) is 0 Å². The second-order valence-corrected chi connectivity index (χ2v) is 9.33. The Morgan fingerprint density at radius 1 is 1.03 bits per heavy atom. The largest absolute Gasteiger partial charge is 0.416 e. The van der Waals surface area contributed by atoms with Crippen molar-refractivity contribution >= 4 is 5.91 Å². The van der Waals surface area contributed by atoms with Crippen molar-refractivity contribution in [1.82, 2.24) is 19.9 Å². The number of carbonyl (C=O) groups is 1. The first-order valence-electron chi connectivity index (χ1n) is 12.1. The van der Waals surface area contributed by atoms with Crippen LogP contribution in [0.4, 0.5) is 13.2 Å². The van der Waals surface area contributed by atoms with Crippen molar-refractivity contribution in [3.8, 4) is 22.8 Å². The number of amides is 1. The van der Waals surface area contributed by atoms with E-state index in [2.05, 4.69) is 27.2 Å². The average Bonchev–Trinajstić information content (AvgIpc) is 3.57. The Balaban J connectivity index is 1.20. The lowest BCUT2D eigenvalue weighted by molar-refractivity contribution is -0.137. The van der Waals surface area contributed by atoms with Crippen molar-refractivity contribution in [1.29, 1.82) is 0 Å². The SMILES string of the molecule is O=C(CC1C=CCC1)N1CCN(Cc2cccc(-c3noc(-c4cccc(C(F)(F)F)c4)n3)c2)CC1. The molecule has 1 saturated heterocycles. The predicted octanol–water partition coefficient (Wildman–Crippen LogP) is 5.42. The molecule has 5 rings (SSSR count). The highest BCUT2D eigenvalue weighted by Gasteiger charge is 2.31. The first-order valence-corrected chi connectivity index (χ1v) is 12.1. The Morgan fingerprint density at radius 3 is 2.56 bits per heavy atom. The van der Waals surface area contributed by atoms with Gasteiger partial charge in [0.1, 0.15) is 0 Å². The highest BCUT2D eigenvalue weighted by molar-refractivity contribution is 5.76. The Kier molecular flexibility index (Phi) is 6.91. The van der Waals surface area contributed by atoms with Gasteiger partial charge in [0.15, 0.2) is 0 Å². The highest BCUT2D eigenvalue weighted by atomic mass is 19.4. The van der Waals surface area contributed by atoms with Crippen LogP contribution in [-0.4, -0.2) is 52.0 Å². The maximum absolute atomic E-state index is 13.0. The third-order valence-corrected chi connectivity index (χ3v) is 6.73. The van der Waals surface area contributed by atoms with E-state index < -0.39 is 11.7 Å². The normalized spacial score (nSPS) is 18.6. The number of aromatic nitrogens is 2. The summed E-state index contributed by atoms with van der Waals surface area (Å²) in [5.74, 6) is 0.982. The zero-order valence-corrected chi connectivity index (χ0v) is 19.7. The minimum atomic E-state index is -4.45. The van der Waals surface area contributed by atoms with E-state index in [4.69, 9.17) is 4.52 Å². The molecule has 1 atom stereocenters. The molecule has 6 nitrogen and oxygen atoms in total. The lowest BCUT2D eigenvalue weighted by Crippen LogP contribution is -2.48. The van der Waals surface area contributed by atoms with Crippen LogP contribution in [0.2, 0.25) is 0 Å². The number of hydrogen-bond acceptors (Lipinski definition) is 5. The second kappa shape index (κ2) is 10.3. The minimum Gasteiger partial charge on any atom is -0.340 e. The summed E-state index contributed by atoms with van der Waals surface area (Å²) >= 11 is 0. The van der Waals surface area contributed by atoms with Gasteiger partial charge in [-0.2, -0.15) is 18.2 Å².